The average molecular weight is 343 g/mol. The lowest BCUT2D eigenvalue weighted by molar-refractivity contribution is 0.324. The normalized spacial score (nSPS) is 12.9. The largest absolute Gasteiger partial charge is 0.463 e. The lowest BCUT2D eigenvalue weighted by atomic mass is 10.0. The molecule has 0 radical (unpaired) electrons. The quantitative estimate of drug-likeness (QED) is 0.165. The SMILES string of the molecule is C=C/C=C\C=C(/C)OC(=C)/C=C\C(=C/C)CCCCCCCCCC. The van der Waals surface area contributed by atoms with Crippen LogP contribution < -0.4 is 0 Å². The summed E-state index contributed by atoms with van der Waals surface area (Å²) in [6, 6.07) is 0. The van der Waals surface area contributed by atoms with E-state index in [9.17, 15) is 0 Å². The molecule has 1 nitrogen and oxygen atoms in total. The smallest absolute Gasteiger partial charge is 0.119 e. The highest BCUT2D eigenvalue weighted by Crippen LogP contribution is 2.15. The Bertz CT molecular complexity index is 474. The Balaban J connectivity index is 4.01. The van der Waals surface area contributed by atoms with Crippen LogP contribution in [-0.2, 0) is 4.74 Å². The van der Waals surface area contributed by atoms with Gasteiger partial charge in [0.1, 0.15) is 11.5 Å². The molecule has 1 heteroatoms. The molecule has 0 aromatic rings. The van der Waals surface area contributed by atoms with Crippen molar-refractivity contribution in [1.82, 2.24) is 0 Å². The molecule has 0 rings (SSSR count). The van der Waals surface area contributed by atoms with E-state index in [0.717, 1.165) is 12.2 Å². The first-order valence-corrected chi connectivity index (χ1v) is 9.80. The molecule has 0 fully saturated rings. The molecule has 0 saturated heterocycles. The molecule has 0 aromatic carbocycles. The van der Waals surface area contributed by atoms with Crippen LogP contribution >= 0.6 is 0 Å². The summed E-state index contributed by atoms with van der Waals surface area (Å²) in [5.74, 6) is 1.48. The summed E-state index contributed by atoms with van der Waals surface area (Å²) in [4.78, 5) is 0. The summed E-state index contributed by atoms with van der Waals surface area (Å²) in [7, 11) is 0. The van der Waals surface area contributed by atoms with Gasteiger partial charge >= 0.3 is 0 Å². The minimum absolute atomic E-state index is 0.663. The van der Waals surface area contributed by atoms with Crippen molar-refractivity contribution in [2.24, 2.45) is 0 Å². The summed E-state index contributed by atoms with van der Waals surface area (Å²) in [5, 5.41) is 0. The third-order valence-corrected chi connectivity index (χ3v) is 4.04. The summed E-state index contributed by atoms with van der Waals surface area (Å²) < 4.78 is 5.65. The Hall–Kier alpha value is -1.76. The van der Waals surface area contributed by atoms with Gasteiger partial charge in [-0.2, -0.15) is 0 Å². The molecule has 0 atom stereocenters. The molecule has 0 aliphatic rings. The maximum Gasteiger partial charge on any atom is 0.119 e. The maximum atomic E-state index is 5.65. The van der Waals surface area contributed by atoms with Gasteiger partial charge in [-0.3, -0.25) is 0 Å². The molecule has 0 unspecified atom stereocenters. The minimum atomic E-state index is 0.663. The second kappa shape index (κ2) is 17.1. The maximum absolute atomic E-state index is 5.65. The van der Waals surface area contributed by atoms with Crippen LogP contribution in [0.15, 0.2) is 72.8 Å². The van der Waals surface area contributed by atoms with Crippen molar-refractivity contribution < 1.29 is 4.74 Å². The number of unbranched alkanes of at least 4 members (excludes halogenated alkanes) is 7. The summed E-state index contributed by atoms with van der Waals surface area (Å²) in [6.45, 7) is 13.9. The van der Waals surface area contributed by atoms with E-state index in [1.807, 2.05) is 31.2 Å². The van der Waals surface area contributed by atoms with Crippen LogP contribution in [0.25, 0.3) is 0 Å². The number of rotatable bonds is 15. The van der Waals surface area contributed by atoms with Crippen LogP contribution in [-0.4, -0.2) is 0 Å². The Labute approximate surface area is 156 Å². The van der Waals surface area contributed by atoms with Crippen molar-refractivity contribution in [1.29, 1.82) is 0 Å². The Morgan fingerprint density at radius 1 is 0.920 bits per heavy atom. The minimum Gasteiger partial charge on any atom is -0.463 e. The van der Waals surface area contributed by atoms with Gasteiger partial charge in [-0.05, 0) is 38.8 Å². The fraction of sp³-hybridized carbons (Fsp3) is 0.500. The zero-order valence-electron chi connectivity index (χ0n) is 16.7. The van der Waals surface area contributed by atoms with Gasteiger partial charge in [0.25, 0.3) is 0 Å². The summed E-state index contributed by atoms with van der Waals surface area (Å²) in [5.41, 5.74) is 1.35. The molecule has 0 aliphatic carbocycles. The number of allylic oxidation sites excluding steroid dienone is 9. The van der Waals surface area contributed by atoms with Crippen LogP contribution in [0.1, 0.15) is 78.6 Å². The monoisotopic (exact) mass is 342 g/mol. The molecular formula is C24H38O. The standard InChI is InChI=1S/C24H38O/c1-6-9-11-12-13-14-15-17-19-24(8-3)21-20-23(5)25-22(4)18-16-10-7-2/h7-8,10,16,18,20-21H,2,5-6,9,11-15,17,19H2,1,3-4H3/b16-10-,21-20-,22-18+,24-8-. The molecule has 25 heavy (non-hydrogen) atoms. The highest BCUT2D eigenvalue weighted by molar-refractivity contribution is 5.24. The lowest BCUT2D eigenvalue weighted by Gasteiger charge is -2.06. The van der Waals surface area contributed by atoms with E-state index in [-0.39, 0.29) is 0 Å². The van der Waals surface area contributed by atoms with E-state index in [1.165, 1.54) is 56.9 Å². The molecule has 0 aromatic heterocycles. The van der Waals surface area contributed by atoms with E-state index < -0.39 is 0 Å². The first kappa shape index (κ1) is 23.2. The molecule has 0 aliphatic heterocycles. The zero-order valence-corrected chi connectivity index (χ0v) is 16.7. The first-order valence-electron chi connectivity index (χ1n) is 9.80. The van der Waals surface area contributed by atoms with Crippen molar-refractivity contribution in [3.63, 3.8) is 0 Å². The van der Waals surface area contributed by atoms with E-state index >= 15 is 0 Å². The third kappa shape index (κ3) is 15.5. The van der Waals surface area contributed by atoms with Crippen molar-refractivity contribution in [2.75, 3.05) is 0 Å². The molecule has 0 amide bonds. The second-order valence-electron chi connectivity index (χ2n) is 6.39. The molecule has 0 spiro atoms. The van der Waals surface area contributed by atoms with Gasteiger partial charge in [0.05, 0.1) is 0 Å². The Morgan fingerprint density at radius 3 is 2.16 bits per heavy atom. The van der Waals surface area contributed by atoms with Gasteiger partial charge in [-0.1, -0.05) is 101 Å². The van der Waals surface area contributed by atoms with Crippen LogP contribution in [0.2, 0.25) is 0 Å². The second-order valence-corrected chi connectivity index (χ2v) is 6.39. The van der Waals surface area contributed by atoms with Crippen LogP contribution in [0.4, 0.5) is 0 Å². The van der Waals surface area contributed by atoms with E-state index in [0.29, 0.717) is 5.76 Å². The van der Waals surface area contributed by atoms with Gasteiger partial charge < -0.3 is 4.74 Å². The lowest BCUT2D eigenvalue weighted by Crippen LogP contribution is -1.87. The highest BCUT2D eigenvalue weighted by Gasteiger charge is 1.96. The van der Waals surface area contributed by atoms with Gasteiger partial charge in [-0.15, -0.1) is 0 Å². The van der Waals surface area contributed by atoms with Crippen LogP contribution in [0.3, 0.4) is 0 Å². The van der Waals surface area contributed by atoms with Gasteiger partial charge in [-0.25, -0.2) is 0 Å². The summed E-state index contributed by atoms with van der Waals surface area (Å²) >= 11 is 0. The van der Waals surface area contributed by atoms with Crippen molar-refractivity contribution >= 4 is 0 Å². The Kier molecular flexibility index (Phi) is 15.9. The highest BCUT2D eigenvalue weighted by atomic mass is 16.5. The average Bonchev–Trinajstić information content (AvgIpc) is 2.60. The van der Waals surface area contributed by atoms with Gasteiger partial charge in [0.15, 0.2) is 0 Å². The summed E-state index contributed by atoms with van der Waals surface area (Å²) in [6.07, 6.45) is 25.6. The van der Waals surface area contributed by atoms with Gasteiger partial charge in [0, 0.05) is 0 Å². The fourth-order valence-corrected chi connectivity index (χ4v) is 2.53. The van der Waals surface area contributed by atoms with Crippen LogP contribution in [0, 0.1) is 0 Å². The number of hydrogen-bond donors (Lipinski definition) is 0. The van der Waals surface area contributed by atoms with Gasteiger partial charge in [0.2, 0.25) is 0 Å². The molecule has 0 saturated carbocycles. The third-order valence-electron chi connectivity index (χ3n) is 4.04. The first-order chi connectivity index (χ1) is 12.1. The number of ether oxygens (including phenoxy) is 1. The van der Waals surface area contributed by atoms with Crippen molar-refractivity contribution in [3.05, 3.63) is 72.8 Å². The predicted octanol–water partition coefficient (Wildman–Crippen LogP) is 8.20. The molecule has 0 heterocycles. The van der Waals surface area contributed by atoms with E-state index in [1.54, 1.807) is 6.08 Å². The molecule has 0 bridgehead atoms. The van der Waals surface area contributed by atoms with Crippen LogP contribution in [0.5, 0.6) is 0 Å². The van der Waals surface area contributed by atoms with Crippen molar-refractivity contribution in [2.45, 2.75) is 78.6 Å². The zero-order chi connectivity index (χ0) is 18.8. The van der Waals surface area contributed by atoms with E-state index in [2.05, 4.69) is 39.2 Å². The molecule has 0 N–H and O–H groups in total. The molecule has 140 valence electrons. The fourth-order valence-electron chi connectivity index (χ4n) is 2.53. The topological polar surface area (TPSA) is 9.23 Å². The van der Waals surface area contributed by atoms with Crippen molar-refractivity contribution in [3.8, 4) is 0 Å². The van der Waals surface area contributed by atoms with E-state index in [4.69, 9.17) is 4.74 Å². The Morgan fingerprint density at radius 2 is 1.56 bits per heavy atom. The predicted molar refractivity (Wildman–Crippen MR) is 113 cm³/mol. The molecular weight excluding hydrogens is 304 g/mol. The number of hydrogen-bond acceptors (Lipinski definition) is 1.